The minimum absolute atomic E-state index is 0.232. The molecule has 0 amide bonds. The van der Waals surface area contributed by atoms with Gasteiger partial charge in [-0.25, -0.2) is 4.39 Å². The molecule has 1 aliphatic carbocycles. The highest BCUT2D eigenvalue weighted by Gasteiger charge is 2.19. The number of rotatable bonds is 5. The maximum atomic E-state index is 14.8. The second kappa shape index (κ2) is 9.97. The zero-order valence-corrected chi connectivity index (χ0v) is 18.5. The molecule has 0 N–H and O–H groups in total. The summed E-state index contributed by atoms with van der Waals surface area (Å²) < 4.78 is 14.8. The van der Waals surface area contributed by atoms with Crippen molar-refractivity contribution in [1.82, 2.24) is 0 Å². The zero-order valence-electron chi connectivity index (χ0n) is 18.5. The van der Waals surface area contributed by atoms with Crippen LogP contribution in [0.4, 0.5) is 4.39 Å². The van der Waals surface area contributed by atoms with E-state index in [9.17, 15) is 4.39 Å². The summed E-state index contributed by atoms with van der Waals surface area (Å²) in [6.45, 7) is 5.90. The van der Waals surface area contributed by atoms with Crippen LogP contribution in [0.15, 0.2) is 67.3 Å². The quantitative estimate of drug-likeness (QED) is 0.295. The summed E-state index contributed by atoms with van der Waals surface area (Å²) in [5.74, 6) is 7.64. The van der Waals surface area contributed by atoms with Crippen molar-refractivity contribution in [2.24, 2.45) is 11.8 Å². The predicted molar refractivity (Wildman–Crippen MR) is 130 cm³/mol. The van der Waals surface area contributed by atoms with Crippen LogP contribution in [-0.4, -0.2) is 0 Å². The van der Waals surface area contributed by atoms with Crippen molar-refractivity contribution < 1.29 is 4.39 Å². The minimum Gasteiger partial charge on any atom is -0.205 e. The first kappa shape index (κ1) is 21.4. The highest BCUT2D eigenvalue weighted by Crippen LogP contribution is 2.33. The van der Waals surface area contributed by atoms with E-state index in [1.54, 1.807) is 6.07 Å². The van der Waals surface area contributed by atoms with E-state index >= 15 is 0 Å². The summed E-state index contributed by atoms with van der Waals surface area (Å²) in [6.07, 6.45) is 11.1. The van der Waals surface area contributed by atoms with Gasteiger partial charge in [-0.2, -0.15) is 0 Å². The Morgan fingerprint density at radius 3 is 2.42 bits per heavy atom. The molecule has 0 spiro atoms. The lowest BCUT2D eigenvalue weighted by Gasteiger charge is -2.27. The van der Waals surface area contributed by atoms with Crippen LogP contribution in [0.5, 0.6) is 0 Å². The summed E-state index contributed by atoms with van der Waals surface area (Å²) in [6, 6.07) is 18.0. The SMILES string of the molecule is C=CCC1CCC(CCc2ccc(C#Cc3ccc4cc(C)ccc4c3F)cc2)CC1. The topological polar surface area (TPSA) is 0 Å². The first-order chi connectivity index (χ1) is 15.1. The summed E-state index contributed by atoms with van der Waals surface area (Å²) in [5.41, 5.74) is 3.88. The zero-order chi connectivity index (χ0) is 21.6. The minimum atomic E-state index is -0.232. The number of hydrogen-bond donors (Lipinski definition) is 0. The van der Waals surface area contributed by atoms with Gasteiger partial charge in [0, 0.05) is 10.9 Å². The maximum absolute atomic E-state index is 14.8. The molecule has 0 unspecified atom stereocenters. The van der Waals surface area contributed by atoms with Gasteiger partial charge < -0.3 is 0 Å². The Bertz CT molecular complexity index is 1100. The number of halogens is 1. The van der Waals surface area contributed by atoms with Gasteiger partial charge in [0.15, 0.2) is 0 Å². The lowest BCUT2D eigenvalue weighted by atomic mass is 9.78. The molecule has 0 radical (unpaired) electrons. The van der Waals surface area contributed by atoms with Gasteiger partial charge in [0.05, 0.1) is 5.56 Å². The van der Waals surface area contributed by atoms with Gasteiger partial charge in [0.25, 0.3) is 0 Å². The van der Waals surface area contributed by atoms with Gasteiger partial charge in [-0.05, 0) is 80.0 Å². The van der Waals surface area contributed by atoms with Gasteiger partial charge in [-0.3, -0.25) is 0 Å². The molecule has 3 aromatic rings. The molecule has 0 atom stereocenters. The molecule has 1 aliphatic rings. The normalized spacial score (nSPS) is 18.4. The van der Waals surface area contributed by atoms with Gasteiger partial charge in [-0.1, -0.05) is 72.7 Å². The van der Waals surface area contributed by atoms with Crippen LogP contribution in [0.25, 0.3) is 10.8 Å². The van der Waals surface area contributed by atoms with Crippen LogP contribution in [0.1, 0.15) is 60.8 Å². The molecular weight excluding hydrogens is 379 g/mol. The molecule has 158 valence electrons. The van der Waals surface area contributed by atoms with E-state index in [4.69, 9.17) is 0 Å². The molecule has 0 saturated heterocycles. The number of allylic oxidation sites excluding steroid dienone is 1. The molecule has 0 aliphatic heterocycles. The third-order valence-corrected chi connectivity index (χ3v) is 6.71. The van der Waals surface area contributed by atoms with E-state index in [0.29, 0.717) is 10.9 Å². The molecule has 3 aromatic carbocycles. The average Bonchev–Trinajstić information content (AvgIpc) is 2.79. The largest absolute Gasteiger partial charge is 0.205 e. The van der Waals surface area contributed by atoms with E-state index < -0.39 is 0 Å². The number of hydrogen-bond acceptors (Lipinski definition) is 0. The maximum Gasteiger partial charge on any atom is 0.146 e. The van der Waals surface area contributed by atoms with Crippen molar-refractivity contribution in [2.75, 3.05) is 0 Å². The Labute approximate surface area is 186 Å². The standard InChI is InChI=1S/C30H31F/c1-3-4-23-6-8-24(9-7-23)10-11-25-12-14-26(15-13-25)16-17-27-18-19-28-21-22(2)5-20-29(28)30(27)31/h3,5,12-15,18-21,23-24H,1,4,6-11H2,2H3. The van der Waals surface area contributed by atoms with Crippen LogP contribution in [0, 0.1) is 36.4 Å². The third-order valence-electron chi connectivity index (χ3n) is 6.71. The summed E-state index contributed by atoms with van der Waals surface area (Å²) >= 11 is 0. The lowest BCUT2D eigenvalue weighted by molar-refractivity contribution is 0.265. The van der Waals surface area contributed by atoms with E-state index in [-0.39, 0.29) is 5.82 Å². The van der Waals surface area contributed by atoms with E-state index in [0.717, 1.165) is 34.8 Å². The smallest absolute Gasteiger partial charge is 0.146 e. The first-order valence-corrected chi connectivity index (χ1v) is 11.5. The van der Waals surface area contributed by atoms with Gasteiger partial charge in [0.1, 0.15) is 5.82 Å². The molecule has 1 fully saturated rings. The second-order valence-corrected chi connectivity index (χ2v) is 9.05. The van der Waals surface area contributed by atoms with Gasteiger partial charge in [-0.15, -0.1) is 6.58 Å². The lowest BCUT2D eigenvalue weighted by Crippen LogP contribution is -2.14. The molecule has 0 nitrogen and oxygen atoms in total. The Morgan fingerprint density at radius 2 is 1.68 bits per heavy atom. The molecule has 31 heavy (non-hydrogen) atoms. The molecule has 4 rings (SSSR count). The van der Waals surface area contributed by atoms with Crippen LogP contribution in [-0.2, 0) is 6.42 Å². The molecule has 1 saturated carbocycles. The average molecular weight is 411 g/mol. The first-order valence-electron chi connectivity index (χ1n) is 11.5. The predicted octanol–water partition coefficient (Wildman–Crippen LogP) is 8.00. The Kier molecular flexibility index (Phi) is 6.88. The second-order valence-electron chi connectivity index (χ2n) is 9.05. The molecule has 0 aromatic heterocycles. The molecular formula is C30H31F. The van der Waals surface area contributed by atoms with Crippen LogP contribution < -0.4 is 0 Å². The third kappa shape index (κ3) is 5.45. The van der Waals surface area contributed by atoms with Gasteiger partial charge in [0.2, 0.25) is 0 Å². The van der Waals surface area contributed by atoms with Crippen molar-refractivity contribution in [1.29, 1.82) is 0 Å². The number of aryl methyl sites for hydroxylation is 2. The van der Waals surface area contributed by atoms with Crippen molar-refractivity contribution in [3.8, 4) is 11.8 Å². The van der Waals surface area contributed by atoms with Crippen LogP contribution >= 0.6 is 0 Å². The Morgan fingerprint density at radius 1 is 0.935 bits per heavy atom. The van der Waals surface area contributed by atoms with E-state index in [1.807, 2.05) is 31.2 Å². The molecule has 0 bridgehead atoms. The molecule has 0 heterocycles. The number of fused-ring (bicyclic) bond motifs is 1. The molecule has 1 heteroatoms. The highest BCUT2D eigenvalue weighted by atomic mass is 19.1. The summed E-state index contributed by atoms with van der Waals surface area (Å²) in [4.78, 5) is 0. The van der Waals surface area contributed by atoms with Crippen LogP contribution in [0.2, 0.25) is 0 Å². The monoisotopic (exact) mass is 410 g/mol. The van der Waals surface area contributed by atoms with Crippen molar-refractivity contribution >= 4 is 10.8 Å². The number of benzene rings is 3. The van der Waals surface area contributed by atoms with Crippen molar-refractivity contribution in [3.05, 3.63) is 95.3 Å². The van der Waals surface area contributed by atoms with E-state index in [2.05, 4.69) is 48.8 Å². The fourth-order valence-corrected chi connectivity index (χ4v) is 4.76. The fourth-order valence-electron chi connectivity index (χ4n) is 4.76. The van der Waals surface area contributed by atoms with Crippen LogP contribution in [0.3, 0.4) is 0 Å². The van der Waals surface area contributed by atoms with E-state index in [1.165, 1.54) is 44.1 Å². The van der Waals surface area contributed by atoms with Gasteiger partial charge >= 0.3 is 0 Å². The summed E-state index contributed by atoms with van der Waals surface area (Å²) in [5, 5.41) is 1.55. The fraction of sp³-hybridized carbons (Fsp3) is 0.333. The van der Waals surface area contributed by atoms with Crippen molar-refractivity contribution in [2.45, 2.75) is 51.9 Å². The Hall–Kier alpha value is -2.85. The van der Waals surface area contributed by atoms with Crippen molar-refractivity contribution in [3.63, 3.8) is 0 Å². The summed E-state index contributed by atoms with van der Waals surface area (Å²) in [7, 11) is 0. The Balaban J connectivity index is 1.36. The highest BCUT2D eigenvalue weighted by molar-refractivity contribution is 5.85.